The number of nitrogens with zero attached hydrogens (tertiary/aromatic N) is 2. The summed E-state index contributed by atoms with van der Waals surface area (Å²) in [6.07, 6.45) is 0. The Morgan fingerprint density at radius 3 is 2.41 bits per heavy atom. The number of aromatic hydroxyl groups is 1. The number of carbonyl (C=O) groups is 1. The normalized spacial score (nSPS) is 11.5. The maximum atomic E-state index is 11.7. The van der Waals surface area contributed by atoms with E-state index in [4.69, 9.17) is 0 Å². The molecule has 0 aliphatic heterocycles. The van der Waals surface area contributed by atoms with Crippen molar-refractivity contribution in [1.82, 2.24) is 0 Å². The van der Waals surface area contributed by atoms with Gasteiger partial charge < -0.3 is 9.66 Å². The van der Waals surface area contributed by atoms with E-state index < -0.39 is 10.1 Å². The summed E-state index contributed by atoms with van der Waals surface area (Å²) < 4.78 is 33.5. The SMILES string of the molecule is CC(=O)c1ccccc1N=Nc1c(O)ccc2cc(S(=O)(=O)[O-])ccc12.[Na+]. The maximum absolute atomic E-state index is 11.7. The number of azo groups is 1. The van der Waals surface area contributed by atoms with Gasteiger partial charge in [0.25, 0.3) is 0 Å². The predicted molar refractivity (Wildman–Crippen MR) is 94.2 cm³/mol. The number of fused-ring (bicyclic) bond motifs is 1. The molecule has 9 heteroatoms. The monoisotopic (exact) mass is 392 g/mol. The standard InChI is InChI=1S/C18H14N2O5S.Na/c1-11(21)14-4-2-3-5-16(14)19-20-18-15-8-7-13(26(23,24)25)10-12(15)6-9-17(18)22;/h2-10,22H,1H3,(H,23,24,25);/q;+1/p-1. The Bertz CT molecular complexity index is 1160. The second-order valence-corrected chi connectivity index (χ2v) is 6.92. The fraction of sp³-hybridized carbons (Fsp3) is 0.0556. The third-order valence-corrected chi connectivity index (χ3v) is 4.60. The average molecular weight is 392 g/mol. The molecule has 0 aromatic heterocycles. The van der Waals surface area contributed by atoms with Crippen LogP contribution in [-0.2, 0) is 10.1 Å². The first-order chi connectivity index (χ1) is 12.3. The molecule has 0 unspecified atom stereocenters. The molecule has 0 amide bonds. The van der Waals surface area contributed by atoms with Gasteiger partial charge in [0.05, 0.1) is 10.6 Å². The van der Waals surface area contributed by atoms with E-state index in [0.29, 0.717) is 22.0 Å². The molecule has 0 heterocycles. The second kappa shape index (κ2) is 8.28. The third kappa shape index (κ3) is 4.60. The van der Waals surface area contributed by atoms with Crippen LogP contribution in [0, 0.1) is 0 Å². The fourth-order valence-corrected chi connectivity index (χ4v) is 3.01. The van der Waals surface area contributed by atoms with Crippen LogP contribution in [0.5, 0.6) is 5.75 Å². The Morgan fingerprint density at radius 1 is 1.04 bits per heavy atom. The van der Waals surface area contributed by atoms with Gasteiger partial charge >= 0.3 is 29.6 Å². The first-order valence-corrected chi connectivity index (χ1v) is 8.91. The quantitative estimate of drug-likeness (QED) is 0.308. The van der Waals surface area contributed by atoms with E-state index in [-0.39, 0.29) is 51.7 Å². The van der Waals surface area contributed by atoms with Gasteiger partial charge in [0.1, 0.15) is 21.6 Å². The van der Waals surface area contributed by atoms with Crippen LogP contribution in [0.4, 0.5) is 11.4 Å². The van der Waals surface area contributed by atoms with Gasteiger partial charge in [0.15, 0.2) is 5.78 Å². The van der Waals surface area contributed by atoms with Crippen LogP contribution in [0.3, 0.4) is 0 Å². The van der Waals surface area contributed by atoms with E-state index >= 15 is 0 Å². The summed E-state index contributed by atoms with van der Waals surface area (Å²) in [6.45, 7) is 1.41. The van der Waals surface area contributed by atoms with E-state index in [1.807, 2.05) is 0 Å². The summed E-state index contributed by atoms with van der Waals surface area (Å²) in [5.74, 6) is -0.341. The van der Waals surface area contributed by atoms with Crippen molar-refractivity contribution >= 4 is 38.0 Å². The summed E-state index contributed by atoms with van der Waals surface area (Å²) in [5, 5.41) is 19.0. The zero-order valence-electron chi connectivity index (χ0n) is 14.6. The van der Waals surface area contributed by atoms with Crippen molar-refractivity contribution in [2.24, 2.45) is 10.2 Å². The molecule has 0 aliphatic carbocycles. The van der Waals surface area contributed by atoms with Gasteiger partial charge in [-0.15, -0.1) is 10.2 Å². The molecule has 1 N–H and O–H groups in total. The maximum Gasteiger partial charge on any atom is 1.00 e. The summed E-state index contributed by atoms with van der Waals surface area (Å²) >= 11 is 0. The van der Waals surface area contributed by atoms with E-state index in [9.17, 15) is 22.9 Å². The number of rotatable bonds is 4. The molecular formula is C18H13N2NaO5S. The molecule has 3 aromatic rings. The second-order valence-electron chi connectivity index (χ2n) is 5.54. The molecule has 0 atom stereocenters. The molecule has 0 saturated carbocycles. The molecule has 3 aromatic carbocycles. The van der Waals surface area contributed by atoms with Crippen LogP contribution in [0.25, 0.3) is 10.8 Å². The minimum absolute atomic E-state index is 0. The smallest absolute Gasteiger partial charge is 0.744 e. The number of Topliss-reactive ketones (excluding diaryl/α,β-unsaturated/α-hetero) is 1. The number of phenolic OH excluding ortho intramolecular Hbond substituents is 1. The number of hydrogen-bond donors (Lipinski definition) is 1. The number of carbonyl (C=O) groups excluding carboxylic acids is 1. The molecule has 132 valence electrons. The Hall–Kier alpha value is -2.10. The summed E-state index contributed by atoms with van der Waals surface area (Å²) in [4.78, 5) is 11.3. The number of phenols is 1. The van der Waals surface area contributed by atoms with Crippen molar-refractivity contribution in [2.45, 2.75) is 11.8 Å². The number of ketones is 1. The molecule has 3 rings (SSSR count). The van der Waals surface area contributed by atoms with Gasteiger partial charge in [-0.25, -0.2) is 8.42 Å². The molecular weight excluding hydrogens is 379 g/mol. The van der Waals surface area contributed by atoms with Crippen LogP contribution in [-0.4, -0.2) is 23.9 Å². The minimum Gasteiger partial charge on any atom is -0.744 e. The first-order valence-electron chi connectivity index (χ1n) is 7.51. The van der Waals surface area contributed by atoms with Crippen LogP contribution in [0.2, 0.25) is 0 Å². The number of benzene rings is 3. The Kier molecular flexibility index (Phi) is 6.50. The predicted octanol–water partition coefficient (Wildman–Crippen LogP) is 1.07. The summed E-state index contributed by atoms with van der Waals surface area (Å²) in [6, 6.07) is 13.2. The third-order valence-electron chi connectivity index (χ3n) is 3.77. The fourth-order valence-electron chi connectivity index (χ4n) is 2.50. The summed E-state index contributed by atoms with van der Waals surface area (Å²) in [7, 11) is -4.59. The van der Waals surface area contributed by atoms with Crippen molar-refractivity contribution in [3.05, 3.63) is 60.2 Å². The van der Waals surface area contributed by atoms with Gasteiger partial charge in [0.2, 0.25) is 0 Å². The first kappa shape index (κ1) is 21.2. The van der Waals surface area contributed by atoms with Gasteiger partial charge in [-0.3, -0.25) is 4.79 Å². The Balaban J connectivity index is 0.00000261. The van der Waals surface area contributed by atoms with Crippen LogP contribution < -0.4 is 29.6 Å². The van der Waals surface area contributed by atoms with Crippen LogP contribution >= 0.6 is 0 Å². The zero-order valence-corrected chi connectivity index (χ0v) is 17.4. The van der Waals surface area contributed by atoms with Gasteiger partial charge in [0, 0.05) is 10.9 Å². The topological polar surface area (TPSA) is 119 Å². The van der Waals surface area contributed by atoms with Gasteiger partial charge in [-0.1, -0.05) is 24.3 Å². The molecule has 0 radical (unpaired) electrons. The Labute approximate surface area is 177 Å². The molecule has 0 fully saturated rings. The van der Waals surface area contributed by atoms with E-state index in [1.165, 1.54) is 31.2 Å². The molecule has 27 heavy (non-hydrogen) atoms. The molecule has 0 aliphatic rings. The summed E-state index contributed by atoms with van der Waals surface area (Å²) in [5.41, 5.74) is 0.835. The largest absolute Gasteiger partial charge is 1.00 e. The molecule has 0 saturated heterocycles. The van der Waals surface area contributed by atoms with Crippen LogP contribution in [0.15, 0.2) is 69.7 Å². The zero-order chi connectivity index (χ0) is 18.9. The van der Waals surface area contributed by atoms with E-state index in [0.717, 1.165) is 6.07 Å². The van der Waals surface area contributed by atoms with E-state index in [2.05, 4.69) is 10.2 Å². The van der Waals surface area contributed by atoms with Crippen molar-refractivity contribution in [1.29, 1.82) is 0 Å². The van der Waals surface area contributed by atoms with Crippen molar-refractivity contribution in [3.63, 3.8) is 0 Å². The van der Waals surface area contributed by atoms with Crippen molar-refractivity contribution in [3.8, 4) is 5.75 Å². The molecule has 7 nitrogen and oxygen atoms in total. The van der Waals surface area contributed by atoms with Crippen molar-refractivity contribution < 1.29 is 52.4 Å². The number of hydrogen-bond acceptors (Lipinski definition) is 7. The van der Waals surface area contributed by atoms with Gasteiger partial charge in [-0.2, -0.15) is 0 Å². The van der Waals surface area contributed by atoms with Crippen molar-refractivity contribution in [2.75, 3.05) is 0 Å². The average Bonchev–Trinajstić information content (AvgIpc) is 2.60. The Morgan fingerprint density at radius 2 is 1.74 bits per heavy atom. The minimum atomic E-state index is -4.59. The van der Waals surface area contributed by atoms with Gasteiger partial charge in [-0.05, 0) is 42.6 Å². The molecule has 0 spiro atoms. The molecule has 0 bridgehead atoms. The van der Waals surface area contributed by atoms with Crippen LogP contribution in [0.1, 0.15) is 17.3 Å². The van der Waals surface area contributed by atoms with E-state index in [1.54, 1.807) is 24.3 Å².